The molecule has 6 aliphatic rings. The first-order chi connectivity index (χ1) is 46.7. The number of anilines is 4. The summed E-state index contributed by atoms with van der Waals surface area (Å²) in [5.74, 6) is -3.33. The fraction of sp³-hybridized carbons (Fsp3) is 0.493. The average Bonchev–Trinajstić information content (AvgIpc) is 0.870. The summed E-state index contributed by atoms with van der Waals surface area (Å²) in [4.78, 5) is 120. The van der Waals surface area contributed by atoms with Crippen molar-refractivity contribution in [1.82, 2.24) is 40.2 Å². The van der Waals surface area contributed by atoms with Crippen LogP contribution in [0.4, 0.5) is 27.1 Å². The van der Waals surface area contributed by atoms with Gasteiger partial charge in [-0.1, -0.05) is 69.7 Å². The van der Waals surface area contributed by atoms with E-state index in [9.17, 15) is 43.5 Å². The van der Waals surface area contributed by atoms with Crippen molar-refractivity contribution in [3.05, 3.63) is 125 Å². The number of benzene rings is 3. The molecule has 520 valence electrons. The van der Waals surface area contributed by atoms with Crippen molar-refractivity contribution >= 4 is 91.4 Å². The molecule has 4 fully saturated rings. The molecule has 2 aliphatic heterocycles. The monoisotopic (exact) mass is 1360 g/mol. The lowest BCUT2D eigenvalue weighted by Gasteiger charge is -2.69. The first-order valence-electron chi connectivity index (χ1n) is 33.8. The fourth-order valence-corrected chi connectivity index (χ4v) is 17.1. The maximum atomic E-state index is 14.7. The number of aromatic nitrogens is 4. The molecule has 98 heavy (non-hydrogen) atoms. The number of nitrogens with zero attached hydrogens (tertiary/aromatic N) is 8. The predicted octanol–water partition coefficient (Wildman–Crippen LogP) is 9.93. The smallest absolute Gasteiger partial charge is 0.409 e. The molecule has 4 bridgehead atoms. The Morgan fingerprint density at radius 1 is 0.796 bits per heavy atom. The SMILES string of the molecule is COCCOC12CC3(C)CC(C)(CC(Cn4ncc(-c5ccc(N6CCc7cc(N(C)CCN(C)C(=O)OCc8ccc(NC(=O)[C@H](C)NC(=O)[C@@H](NC(=O)CCCCCN9C(=O)C=CC9=O)C(C)C)cc8)cc(C(=O)Nc8nc9ccccc9s8)c7C6)nc5C(=O)O)c4C)(C3)C1)C2. The quantitative estimate of drug-likeness (QED) is 0.0216. The molecule has 4 saturated carbocycles. The van der Waals surface area contributed by atoms with E-state index in [-0.39, 0.29) is 89.7 Å². The van der Waals surface area contributed by atoms with Crippen molar-refractivity contribution in [3.8, 4) is 11.1 Å². The van der Waals surface area contributed by atoms with Gasteiger partial charge in [-0.25, -0.2) is 19.6 Å². The van der Waals surface area contributed by atoms with Gasteiger partial charge in [0.2, 0.25) is 17.7 Å². The number of methoxy groups -OCH3 is 1. The summed E-state index contributed by atoms with van der Waals surface area (Å²) in [6, 6.07) is 20.2. The van der Waals surface area contributed by atoms with Crippen LogP contribution in [0.3, 0.4) is 0 Å². The first-order valence-corrected chi connectivity index (χ1v) is 34.6. The zero-order valence-corrected chi connectivity index (χ0v) is 58.3. The summed E-state index contributed by atoms with van der Waals surface area (Å²) in [5, 5.41) is 27.6. The first kappa shape index (κ1) is 70.3. The van der Waals surface area contributed by atoms with Crippen molar-refractivity contribution < 1.29 is 57.7 Å². The van der Waals surface area contributed by atoms with Crippen molar-refractivity contribution in [1.29, 1.82) is 0 Å². The number of thiazole rings is 1. The van der Waals surface area contributed by atoms with Gasteiger partial charge in [0.1, 0.15) is 24.5 Å². The highest BCUT2D eigenvalue weighted by Gasteiger charge is 2.66. The highest BCUT2D eigenvalue weighted by Crippen LogP contribution is 2.72. The number of aromatic carboxylic acids is 1. The van der Waals surface area contributed by atoms with Crippen molar-refractivity contribution in [2.24, 2.45) is 22.2 Å². The maximum Gasteiger partial charge on any atom is 0.409 e. The molecule has 24 nitrogen and oxygen atoms in total. The van der Waals surface area contributed by atoms with Gasteiger partial charge in [-0.3, -0.25) is 43.7 Å². The van der Waals surface area contributed by atoms with Crippen LogP contribution in [0.25, 0.3) is 21.3 Å². The number of hydrogen-bond acceptors (Lipinski definition) is 17. The molecule has 4 atom stereocenters. The van der Waals surface area contributed by atoms with E-state index in [1.165, 1.54) is 34.8 Å². The Morgan fingerprint density at radius 2 is 1.53 bits per heavy atom. The van der Waals surface area contributed by atoms with E-state index in [0.717, 1.165) is 75.3 Å². The number of amides is 7. The minimum absolute atomic E-state index is 0.0227. The van der Waals surface area contributed by atoms with Crippen molar-refractivity contribution in [2.45, 2.75) is 150 Å². The predicted molar refractivity (Wildman–Crippen MR) is 373 cm³/mol. The van der Waals surface area contributed by atoms with Gasteiger partial charge in [-0.05, 0) is 159 Å². The Bertz CT molecular complexity index is 4000. The molecule has 7 amide bonds. The van der Waals surface area contributed by atoms with Crippen molar-refractivity contribution in [2.75, 3.05) is 81.0 Å². The topological polar surface area (TPSA) is 289 Å². The summed E-state index contributed by atoms with van der Waals surface area (Å²) in [6.07, 6.45) is 12.4. The third kappa shape index (κ3) is 15.9. The van der Waals surface area contributed by atoms with E-state index < -0.39 is 36.0 Å². The number of ether oxygens (including phenoxy) is 3. The van der Waals surface area contributed by atoms with Crippen LogP contribution < -0.4 is 31.1 Å². The Labute approximate surface area is 575 Å². The number of para-hydroxylation sites is 1. The van der Waals surface area contributed by atoms with E-state index in [2.05, 4.69) is 45.9 Å². The van der Waals surface area contributed by atoms with Crippen LogP contribution in [0.5, 0.6) is 0 Å². The van der Waals surface area contributed by atoms with E-state index in [4.69, 9.17) is 29.3 Å². The van der Waals surface area contributed by atoms with Crippen LogP contribution in [-0.2, 0) is 64.3 Å². The lowest BCUT2D eigenvalue weighted by atomic mass is 9.39. The van der Waals surface area contributed by atoms with Gasteiger partial charge in [0.15, 0.2) is 10.8 Å². The standard InChI is InChI=1S/C73H90N12O12S/c1-45(2)62(79-59(86)17-11-10-14-27-84-60(87)24-25-61(84)88)66(91)75-46(3)64(89)76-50-20-18-48(19-21-50)37-96-69(94)82(8)30-29-81(7)51-33-49-26-28-83(36-55(49)53(34-51)65(90)80-68-77-56-15-12-13-16-57(56)98-68)58-23-22-52(63(78-58)67(92)93)54-35-74-85(47(54)4)44-72-39-70(5)38-71(6,40-72)42-73(41-70,43-72)97-32-31-95-9/h12-13,15-16,18-25,33-35,45-46,62H,10-11,14,17,26-32,36-44H2,1-9H3,(H,75,91)(H,76,89)(H,79,86)(H,92,93)(H,77,80,90)/t46-,62-,70?,71?,72?,73?/m0/s1. The van der Waals surface area contributed by atoms with E-state index in [0.29, 0.717) is 91.9 Å². The number of fused-ring (bicyclic) bond motifs is 2. The molecule has 3 aromatic heterocycles. The number of carboxylic acids is 1. The summed E-state index contributed by atoms with van der Waals surface area (Å²) in [5.41, 5.74) is 6.85. The number of carboxylic acid groups (broad SMARTS) is 1. The molecule has 25 heteroatoms. The van der Waals surface area contributed by atoms with Gasteiger partial charge in [0.05, 0.1) is 35.2 Å². The average molecular weight is 1360 g/mol. The highest BCUT2D eigenvalue weighted by atomic mass is 32.1. The van der Waals surface area contributed by atoms with Gasteiger partial charge in [0.25, 0.3) is 17.7 Å². The normalized spacial score (nSPS) is 21.3. The minimum Gasteiger partial charge on any atom is -0.476 e. The molecule has 0 spiro atoms. The second-order valence-electron chi connectivity index (χ2n) is 28.7. The van der Waals surface area contributed by atoms with Gasteiger partial charge < -0.3 is 50.0 Å². The van der Waals surface area contributed by atoms with Crippen molar-refractivity contribution in [3.63, 3.8) is 0 Å². The van der Waals surface area contributed by atoms with Crippen LogP contribution in [0.1, 0.15) is 142 Å². The summed E-state index contributed by atoms with van der Waals surface area (Å²) < 4.78 is 20.8. The second kappa shape index (κ2) is 29.2. The maximum absolute atomic E-state index is 14.7. The lowest BCUT2D eigenvalue weighted by Crippen LogP contribution is -2.64. The number of hydrogen-bond donors (Lipinski definition) is 5. The van der Waals surface area contributed by atoms with E-state index in [1.807, 2.05) is 66.2 Å². The molecule has 2 unspecified atom stereocenters. The molecule has 0 saturated heterocycles. The Kier molecular flexibility index (Phi) is 20.9. The zero-order valence-electron chi connectivity index (χ0n) is 57.5. The molecule has 5 N–H and O–H groups in total. The number of pyridine rings is 1. The van der Waals surface area contributed by atoms with E-state index in [1.54, 1.807) is 65.4 Å². The molecule has 5 heterocycles. The van der Waals surface area contributed by atoms with Gasteiger partial charge in [0, 0.05) is 113 Å². The highest BCUT2D eigenvalue weighted by molar-refractivity contribution is 7.22. The summed E-state index contributed by atoms with van der Waals surface area (Å²) in [7, 11) is 5.24. The molecule has 6 aromatic rings. The van der Waals surface area contributed by atoms with Gasteiger partial charge in [-0.2, -0.15) is 5.10 Å². The number of carbonyl (C=O) groups is 8. The van der Waals surface area contributed by atoms with Gasteiger partial charge >= 0.3 is 12.1 Å². The Morgan fingerprint density at radius 3 is 2.23 bits per heavy atom. The van der Waals surface area contributed by atoms with E-state index >= 15 is 0 Å². The lowest BCUT2D eigenvalue weighted by molar-refractivity contribution is -0.250. The minimum atomic E-state index is -1.16. The number of unbranched alkanes of at least 4 members (excludes halogenated alkanes) is 2. The number of carbonyl (C=O) groups excluding carboxylic acids is 7. The van der Waals surface area contributed by atoms with Crippen LogP contribution in [-0.4, -0.2) is 160 Å². The Balaban J connectivity index is 0.697. The fourth-order valence-electron chi connectivity index (χ4n) is 16.3. The number of likely N-dealkylation sites (N-methyl/N-ethyl adjacent to an activating group) is 2. The molecule has 0 radical (unpaired) electrons. The van der Waals surface area contributed by atoms with Crippen LogP contribution in [0.15, 0.2) is 91.1 Å². The number of nitrogens with one attached hydrogen (secondary N) is 4. The number of rotatable bonds is 29. The number of imide groups is 1. The van der Waals surface area contributed by atoms with Crippen LogP contribution >= 0.6 is 11.3 Å². The molecule has 4 aliphatic carbocycles. The molecular weight excluding hydrogens is 1270 g/mol. The largest absolute Gasteiger partial charge is 0.476 e. The second-order valence-corrected chi connectivity index (χ2v) is 29.7. The van der Waals surface area contributed by atoms with Gasteiger partial charge in [-0.15, -0.1) is 0 Å². The summed E-state index contributed by atoms with van der Waals surface area (Å²) in [6.45, 7) is 15.5. The van der Waals surface area contributed by atoms with Crippen LogP contribution in [0, 0.1) is 29.1 Å². The molecule has 3 aromatic carbocycles. The zero-order chi connectivity index (χ0) is 69.8. The third-order valence-electron chi connectivity index (χ3n) is 20.0. The molecular formula is C73H90N12O12S. The Hall–Kier alpha value is -9.07. The van der Waals surface area contributed by atoms with Crippen LogP contribution in [0.2, 0.25) is 0 Å². The third-order valence-corrected chi connectivity index (χ3v) is 21.0. The summed E-state index contributed by atoms with van der Waals surface area (Å²) >= 11 is 1.38. The molecule has 12 rings (SSSR count).